The van der Waals surface area contributed by atoms with Crippen molar-refractivity contribution in [3.05, 3.63) is 94.7 Å². The molecule has 3 heteroatoms. The van der Waals surface area contributed by atoms with Crippen LogP contribution in [0.25, 0.3) is 22.0 Å². The molecule has 0 bridgehead atoms. The third-order valence-corrected chi connectivity index (χ3v) is 6.89. The Morgan fingerprint density at radius 2 is 1.72 bits per heavy atom. The predicted octanol–water partition coefficient (Wildman–Crippen LogP) is 6.09. The van der Waals surface area contributed by atoms with E-state index in [1.807, 2.05) is 13.0 Å². The molecule has 5 rings (SSSR count). The van der Waals surface area contributed by atoms with Crippen LogP contribution in [0, 0.1) is 13.8 Å². The minimum absolute atomic E-state index is 0.783. The van der Waals surface area contributed by atoms with E-state index in [-0.39, 0.29) is 0 Å². The number of nitrogens with two attached hydrogens (primary N) is 1. The van der Waals surface area contributed by atoms with E-state index in [1.165, 1.54) is 34.2 Å². The standard InChI is InChI=1S/C29H31N3/c1-20-13-14-24(28-26-11-5-6-12-27(26)31-21(2)29(28)30)18-23(20)10-7-16-32-17-15-22-8-3-4-9-25(22)19-32/h3-6,8-9,11-14,18H,7,10,15-17,19,30H2,1-2H3. The van der Waals surface area contributed by atoms with E-state index in [0.29, 0.717) is 0 Å². The average molecular weight is 422 g/mol. The summed E-state index contributed by atoms with van der Waals surface area (Å²) in [6.07, 6.45) is 3.41. The lowest BCUT2D eigenvalue weighted by molar-refractivity contribution is 0.251. The second-order valence-electron chi connectivity index (χ2n) is 9.04. The molecule has 0 saturated carbocycles. The fraction of sp³-hybridized carbons (Fsp3) is 0.276. The summed E-state index contributed by atoms with van der Waals surface area (Å²) in [6, 6.07) is 24.0. The van der Waals surface area contributed by atoms with Gasteiger partial charge in [-0.3, -0.25) is 9.88 Å². The summed E-state index contributed by atoms with van der Waals surface area (Å²) in [5.74, 6) is 0. The van der Waals surface area contributed by atoms with Gasteiger partial charge in [-0.05, 0) is 73.5 Å². The molecule has 0 amide bonds. The van der Waals surface area contributed by atoms with Crippen molar-refractivity contribution in [2.45, 2.75) is 39.7 Å². The molecule has 0 unspecified atom stereocenters. The van der Waals surface area contributed by atoms with Crippen LogP contribution < -0.4 is 5.73 Å². The minimum atomic E-state index is 0.783. The second kappa shape index (κ2) is 8.76. The number of aryl methyl sites for hydroxylation is 3. The SMILES string of the molecule is Cc1ccc(-c2c(N)c(C)nc3ccccc23)cc1CCCN1CCc2ccccc2C1. The molecule has 32 heavy (non-hydrogen) atoms. The smallest absolute Gasteiger partial charge is 0.0713 e. The van der Waals surface area contributed by atoms with Crippen LogP contribution in [-0.2, 0) is 19.4 Å². The van der Waals surface area contributed by atoms with Crippen LogP contribution in [0.3, 0.4) is 0 Å². The molecular weight excluding hydrogens is 390 g/mol. The molecule has 2 N–H and O–H groups in total. The number of hydrogen-bond acceptors (Lipinski definition) is 3. The van der Waals surface area contributed by atoms with Crippen molar-refractivity contribution < 1.29 is 0 Å². The number of nitrogen functional groups attached to an aromatic ring is 1. The molecule has 3 nitrogen and oxygen atoms in total. The highest BCUT2D eigenvalue weighted by Crippen LogP contribution is 2.35. The molecule has 0 atom stereocenters. The Balaban J connectivity index is 1.36. The Morgan fingerprint density at radius 3 is 2.59 bits per heavy atom. The molecule has 1 aromatic heterocycles. The van der Waals surface area contributed by atoms with E-state index < -0.39 is 0 Å². The first-order chi connectivity index (χ1) is 15.6. The molecule has 4 aromatic rings. The quantitative estimate of drug-likeness (QED) is 0.424. The molecule has 0 saturated heterocycles. The molecule has 3 aromatic carbocycles. The first kappa shape index (κ1) is 20.7. The maximum Gasteiger partial charge on any atom is 0.0713 e. The van der Waals surface area contributed by atoms with Gasteiger partial charge in [0.15, 0.2) is 0 Å². The lowest BCUT2D eigenvalue weighted by Gasteiger charge is -2.28. The molecule has 162 valence electrons. The Kier molecular flexibility index (Phi) is 5.67. The number of fused-ring (bicyclic) bond motifs is 2. The summed E-state index contributed by atoms with van der Waals surface area (Å²) in [4.78, 5) is 7.28. The van der Waals surface area contributed by atoms with Gasteiger partial charge in [0, 0.05) is 24.0 Å². The van der Waals surface area contributed by atoms with Crippen molar-refractivity contribution >= 4 is 16.6 Å². The zero-order chi connectivity index (χ0) is 22.1. The van der Waals surface area contributed by atoms with Crippen LogP contribution in [0.1, 0.15) is 34.4 Å². The van der Waals surface area contributed by atoms with Crippen molar-refractivity contribution in [2.24, 2.45) is 0 Å². The largest absolute Gasteiger partial charge is 0.397 e. The normalized spacial score (nSPS) is 13.9. The predicted molar refractivity (Wildman–Crippen MR) is 135 cm³/mol. The summed E-state index contributed by atoms with van der Waals surface area (Å²) < 4.78 is 0. The highest BCUT2D eigenvalue weighted by Gasteiger charge is 2.16. The number of nitrogens with zero attached hydrogens (tertiary/aromatic N) is 2. The molecular formula is C29H31N3. The van der Waals surface area contributed by atoms with E-state index >= 15 is 0 Å². The molecule has 1 aliphatic rings. The van der Waals surface area contributed by atoms with Gasteiger partial charge in [0.05, 0.1) is 16.9 Å². The number of para-hydroxylation sites is 1. The third-order valence-electron chi connectivity index (χ3n) is 6.89. The topological polar surface area (TPSA) is 42.1 Å². The highest BCUT2D eigenvalue weighted by atomic mass is 15.1. The Hall–Kier alpha value is -3.17. The van der Waals surface area contributed by atoms with Crippen molar-refractivity contribution in [3.8, 4) is 11.1 Å². The fourth-order valence-corrected chi connectivity index (χ4v) is 4.99. The molecule has 0 radical (unpaired) electrons. The molecule has 2 heterocycles. The number of rotatable bonds is 5. The van der Waals surface area contributed by atoms with Gasteiger partial charge < -0.3 is 5.73 Å². The Morgan fingerprint density at radius 1 is 0.938 bits per heavy atom. The monoisotopic (exact) mass is 421 g/mol. The first-order valence-electron chi connectivity index (χ1n) is 11.6. The van der Waals surface area contributed by atoms with Gasteiger partial charge in [0.2, 0.25) is 0 Å². The van der Waals surface area contributed by atoms with Crippen LogP contribution >= 0.6 is 0 Å². The summed E-state index contributed by atoms with van der Waals surface area (Å²) in [6.45, 7) is 7.59. The molecule has 0 aliphatic carbocycles. The van der Waals surface area contributed by atoms with Crippen molar-refractivity contribution in [1.29, 1.82) is 0 Å². The van der Waals surface area contributed by atoms with Gasteiger partial charge in [0.1, 0.15) is 0 Å². The fourth-order valence-electron chi connectivity index (χ4n) is 4.99. The minimum Gasteiger partial charge on any atom is -0.397 e. The lowest BCUT2D eigenvalue weighted by Crippen LogP contribution is -2.31. The second-order valence-corrected chi connectivity index (χ2v) is 9.04. The van der Waals surface area contributed by atoms with E-state index in [2.05, 4.69) is 77.5 Å². The van der Waals surface area contributed by atoms with Gasteiger partial charge in [-0.25, -0.2) is 0 Å². The van der Waals surface area contributed by atoms with Crippen LogP contribution in [0.2, 0.25) is 0 Å². The summed E-state index contributed by atoms with van der Waals surface area (Å²) in [5, 5.41) is 1.12. The van der Waals surface area contributed by atoms with Gasteiger partial charge >= 0.3 is 0 Å². The average Bonchev–Trinajstić information content (AvgIpc) is 2.81. The molecule has 0 spiro atoms. The maximum absolute atomic E-state index is 6.54. The number of benzene rings is 3. The van der Waals surface area contributed by atoms with Crippen LogP contribution in [0.5, 0.6) is 0 Å². The lowest BCUT2D eigenvalue weighted by atomic mass is 9.93. The highest BCUT2D eigenvalue weighted by molar-refractivity contribution is 6.01. The number of pyridine rings is 1. The van der Waals surface area contributed by atoms with Crippen LogP contribution in [0.4, 0.5) is 5.69 Å². The summed E-state index contributed by atoms with van der Waals surface area (Å²) in [5.41, 5.74) is 17.3. The first-order valence-corrected chi connectivity index (χ1v) is 11.6. The Bertz CT molecular complexity index is 1270. The van der Waals surface area contributed by atoms with Crippen molar-refractivity contribution in [3.63, 3.8) is 0 Å². The van der Waals surface area contributed by atoms with E-state index in [9.17, 15) is 0 Å². The molecule has 0 fully saturated rings. The van der Waals surface area contributed by atoms with E-state index in [1.54, 1.807) is 0 Å². The third kappa shape index (κ3) is 4.01. The van der Waals surface area contributed by atoms with Gasteiger partial charge in [-0.2, -0.15) is 0 Å². The summed E-state index contributed by atoms with van der Waals surface area (Å²) >= 11 is 0. The van der Waals surface area contributed by atoms with Gasteiger partial charge in [0.25, 0.3) is 0 Å². The van der Waals surface area contributed by atoms with Crippen LogP contribution in [0.15, 0.2) is 66.7 Å². The summed E-state index contributed by atoms with van der Waals surface area (Å²) in [7, 11) is 0. The molecule has 1 aliphatic heterocycles. The van der Waals surface area contributed by atoms with Gasteiger partial charge in [-0.1, -0.05) is 60.7 Å². The number of anilines is 1. The van der Waals surface area contributed by atoms with E-state index in [4.69, 9.17) is 5.73 Å². The number of aromatic nitrogens is 1. The van der Waals surface area contributed by atoms with Crippen molar-refractivity contribution in [2.75, 3.05) is 18.8 Å². The number of hydrogen-bond donors (Lipinski definition) is 1. The Labute approximate surface area is 190 Å². The zero-order valence-electron chi connectivity index (χ0n) is 19.1. The van der Waals surface area contributed by atoms with Crippen LogP contribution in [-0.4, -0.2) is 23.0 Å². The maximum atomic E-state index is 6.54. The zero-order valence-corrected chi connectivity index (χ0v) is 19.1. The van der Waals surface area contributed by atoms with E-state index in [0.717, 1.165) is 60.3 Å². The van der Waals surface area contributed by atoms with Crippen molar-refractivity contribution in [1.82, 2.24) is 9.88 Å². The van der Waals surface area contributed by atoms with Gasteiger partial charge in [-0.15, -0.1) is 0 Å².